The van der Waals surface area contributed by atoms with Crippen molar-refractivity contribution in [3.63, 3.8) is 0 Å². The first-order valence-corrected chi connectivity index (χ1v) is 5.91. The molecule has 4 nitrogen and oxygen atoms in total. The first kappa shape index (κ1) is 11.7. The van der Waals surface area contributed by atoms with Crippen molar-refractivity contribution in [1.82, 2.24) is 9.97 Å². The number of aryl methyl sites for hydroxylation is 1. The number of methoxy groups -OCH3 is 1. The summed E-state index contributed by atoms with van der Waals surface area (Å²) in [7, 11) is 1.54. The molecule has 0 atom stereocenters. The van der Waals surface area contributed by atoms with Crippen LogP contribution in [-0.2, 0) is 0 Å². The van der Waals surface area contributed by atoms with Crippen LogP contribution in [0.15, 0.2) is 40.5 Å². The predicted octanol–water partition coefficient (Wildman–Crippen LogP) is 2.53. The molecule has 2 aromatic rings. The van der Waals surface area contributed by atoms with Gasteiger partial charge in [0, 0.05) is 4.90 Å². The molecule has 0 unspecified atom stereocenters. The van der Waals surface area contributed by atoms with E-state index in [0.29, 0.717) is 16.6 Å². The summed E-state index contributed by atoms with van der Waals surface area (Å²) in [6.45, 7) is 2.05. The Labute approximate surface area is 104 Å². The van der Waals surface area contributed by atoms with Gasteiger partial charge in [0.2, 0.25) is 5.88 Å². The summed E-state index contributed by atoms with van der Waals surface area (Å²) < 4.78 is 5.06. The lowest BCUT2D eigenvalue weighted by Crippen LogP contribution is -1.99. The van der Waals surface area contributed by atoms with Crippen molar-refractivity contribution in [2.24, 2.45) is 0 Å². The highest BCUT2D eigenvalue weighted by molar-refractivity contribution is 7.99. The van der Waals surface area contributed by atoms with Crippen LogP contribution in [0.3, 0.4) is 0 Å². The Balaban J connectivity index is 2.30. The van der Waals surface area contributed by atoms with Gasteiger partial charge >= 0.3 is 0 Å². The van der Waals surface area contributed by atoms with Crippen molar-refractivity contribution in [3.8, 4) is 5.88 Å². The Morgan fingerprint density at radius 3 is 2.82 bits per heavy atom. The Kier molecular flexibility index (Phi) is 3.49. The minimum absolute atomic E-state index is 0.412. The topological polar surface area (TPSA) is 61.0 Å². The number of nitrogen functional groups attached to an aromatic ring is 1. The van der Waals surface area contributed by atoms with Crippen molar-refractivity contribution < 1.29 is 4.74 Å². The number of benzene rings is 1. The van der Waals surface area contributed by atoms with Crippen LogP contribution in [0.5, 0.6) is 5.88 Å². The fourth-order valence-electron chi connectivity index (χ4n) is 1.40. The number of hydrogen-bond donors (Lipinski definition) is 1. The lowest BCUT2D eigenvalue weighted by molar-refractivity contribution is 0.397. The molecule has 0 radical (unpaired) electrons. The first-order valence-electron chi connectivity index (χ1n) is 5.09. The zero-order chi connectivity index (χ0) is 12.3. The number of nitrogens with two attached hydrogens (primary N) is 1. The van der Waals surface area contributed by atoms with Gasteiger partial charge in [-0.3, -0.25) is 0 Å². The molecule has 5 heteroatoms. The van der Waals surface area contributed by atoms with Gasteiger partial charge in [-0.25, -0.2) is 4.98 Å². The lowest BCUT2D eigenvalue weighted by atomic mass is 10.2. The summed E-state index contributed by atoms with van der Waals surface area (Å²) in [6, 6.07) is 8.16. The molecule has 0 amide bonds. The Bertz CT molecular complexity index is 531. The third kappa shape index (κ3) is 2.68. The van der Waals surface area contributed by atoms with Gasteiger partial charge in [0.25, 0.3) is 0 Å². The van der Waals surface area contributed by atoms with E-state index in [2.05, 4.69) is 16.0 Å². The van der Waals surface area contributed by atoms with E-state index in [1.54, 1.807) is 7.11 Å². The van der Waals surface area contributed by atoms with Gasteiger partial charge in [-0.15, -0.1) is 0 Å². The SMILES string of the molecule is COc1ncnc(Sc2cccc(C)c2)c1N. The number of aromatic nitrogens is 2. The fourth-order valence-corrected chi connectivity index (χ4v) is 2.31. The van der Waals surface area contributed by atoms with Gasteiger partial charge < -0.3 is 10.5 Å². The smallest absolute Gasteiger partial charge is 0.241 e. The van der Waals surface area contributed by atoms with Gasteiger partial charge in [-0.05, 0) is 19.1 Å². The molecule has 1 aromatic carbocycles. The molecular formula is C12H13N3OS. The van der Waals surface area contributed by atoms with E-state index in [0.717, 1.165) is 4.90 Å². The molecule has 0 fully saturated rings. The summed E-state index contributed by atoms with van der Waals surface area (Å²) >= 11 is 1.50. The third-order valence-corrected chi connectivity index (χ3v) is 3.22. The molecular weight excluding hydrogens is 234 g/mol. The van der Waals surface area contributed by atoms with E-state index in [4.69, 9.17) is 10.5 Å². The normalized spacial score (nSPS) is 10.2. The molecule has 0 saturated carbocycles. The second-order valence-electron chi connectivity index (χ2n) is 3.52. The standard InChI is InChI=1S/C12H13N3OS/c1-8-4-3-5-9(6-8)17-12-10(13)11(16-2)14-7-15-12/h3-7H,13H2,1-2H3. The quantitative estimate of drug-likeness (QED) is 0.844. The van der Waals surface area contributed by atoms with E-state index in [-0.39, 0.29) is 0 Å². The average molecular weight is 247 g/mol. The molecule has 0 saturated heterocycles. The van der Waals surface area contributed by atoms with Gasteiger partial charge in [-0.1, -0.05) is 29.5 Å². The summed E-state index contributed by atoms with van der Waals surface area (Å²) in [6.07, 6.45) is 1.45. The van der Waals surface area contributed by atoms with E-state index in [9.17, 15) is 0 Å². The van der Waals surface area contributed by atoms with Crippen LogP contribution in [0, 0.1) is 6.92 Å². The fraction of sp³-hybridized carbons (Fsp3) is 0.167. The van der Waals surface area contributed by atoms with Crippen LogP contribution >= 0.6 is 11.8 Å². The minimum atomic E-state index is 0.412. The van der Waals surface area contributed by atoms with Crippen LogP contribution in [0.2, 0.25) is 0 Å². The minimum Gasteiger partial charge on any atom is -0.479 e. The Morgan fingerprint density at radius 1 is 1.29 bits per heavy atom. The Hall–Kier alpha value is -1.75. The number of ether oxygens (including phenoxy) is 1. The Morgan fingerprint density at radius 2 is 2.12 bits per heavy atom. The number of rotatable bonds is 3. The summed E-state index contributed by atoms with van der Waals surface area (Å²) in [4.78, 5) is 9.20. The molecule has 0 spiro atoms. The van der Waals surface area contributed by atoms with Crippen LogP contribution in [0.25, 0.3) is 0 Å². The van der Waals surface area contributed by atoms with Crippen molar-refractivity contribution >= 4 is 17.4 Å². The number of anilines is 1. The van der Waals surface area contributed by atoms with Crippen molar-refractivity contribution in [2.75, 3.05) is 12.8 Å². The number of hydrogen-bond acceptors (Lipinski definition) is 5. The summed E-state index contributed by atoms with van der Waals surface area (Å²) in [5.41, 5.74) is 7.59. The average Bonchev–Trinajstić information content (AvgIpc) is 2.32. The van der Waals surface area contributed by atoms with Gasteiger partial charge in [0.05, 0.1) is 7.11 Å². The van der Waals surface area contributed by atoms with E-state index < -0.39 is 0 Å². The van der Waals surface area contributed by atoms with Crippen molar-refractivity contribution in [3.05, 3.63) is 36.2 Å². The number of nitrogens with zero attached hydrogens (tertiary/aromatic N) is 2. The second-order valence-corrected chi connectivity index (χ2v) is 4.58. The first-order chi connectivity index (χ1) is 8.20. The van der Waals surface area contributed by atoms with E-state index in [1.807, 2.05) is 25.1 Å². The van der Waals surface area contributed by atoms with Gasteiger partial charge in [0.1, 0.15) is 17.0 Å². The highest BCUT2D eigenvalue weighted by Gasteiger charge is 2.09. The summed E-state index contributed by atoms with van der Waals surface area (Å²) in [5.74, 6) is 0.412. The molecule has 0 aliphatic carbocycles. The highest BCUT2D eigenvalue weighted by atomic mass is 32.2. The molecule has 88 valence electrons. The highest BCUT2D eigenvalue weighted by Crippen LogP contribution is 2.33. The zero-order valence-electron chi connectivity index (χ0n) is 9.68. The van der Waals surface area contributed by atoms with Crippen molar-refractivity contribution in [2.45, 2.75) is 16.8 Å². The van der Waals surface area contributed by atoms with Gasteiger partial charge in [0.15, 0.2) is 0 Å². The molecule has 2 rings (SSSR count). The van der Waals surface area contributed by atoms with Crippen LogP contribution in [0.1, 0.15) is 5.56 Å². The van der Waals surface area contributed by atoms with Crippen LogP contribution in [0.4, 0.5) is 5.69 Å². The second kappa shape index (κ2) is 5.05. The van der Waals surface area contributed by atoms with Crippen LogP contribution < -0.4 is 10.5 Å². The molecule has 0 bridgehead atoms. The van der Waals surface area contributed by atoms with Crippen LogP contribution in [-0.4, -0.2) is 17.1 Å². The maximum atomic E-state index is 5.91. The molecule has 1 aromatic heterocycles. The zero-order valence-corrected chi connectivity index (χ0v) is 10.5. The maximum absolute atomic E-state index is 5.91. The predicted molar refractivity (Wildman–Crippen MR) is 68.3 cm³/mol. The largest absolute Gasteiger partial charge is 0.479 e. The van der Waals surface area contributed by atoms with E-state index >= 15 is 0 Å². The molecule has 1 heterocycles. The van der Waals surface area contributed by atoms with Gasteiger partial charge in [-0.2, -0.15) is 4.98 Å². The third-order valence-electron chi connectivity index (χ3n) is 2.21. The monoisotopic (exact) mass is 247 g/mol. The molecule has 0 aliphatic heterocycles. The molecule has 17 heavy (non-hydrogen) atoms. The van der Waals surface area contributed by atoms with Crippen molar-refractivity contribution in [1.29, 1.82) is 0 Å². The lowest BCUT2D eigenvalue weighted by Gasteiger charge is -2.07. The molecule has 2 N–H and O–H groups in total. The summed E-state index contributed by atoms with van der Waals surface area (Å²) in [5, 5.41) is 0.711. The van der Waals surface area contributed by atoms with E-state index in [1.165, 1.54) is 23.7 Å². The molecule has 0 aliphatic rings. The maximum Gasteiger partial charge on any atom is 0.241 e.